The number of carbonyl (C=O) groups is 1. The van der Waals surface area contributed by atoms with Crippen LogP contribution in [0.2, 0.25) is 5.15 Å². The number of aliphatic hydroxyl groups is 1. The monoisotopic (exact) mass is 299 g/mol. The zero-order chi connectivity index (χ0) is 14.8. The van der Waals surface area contributed by atoms with Gasteiger partial charge in [-0.05, 0) is 26.7 Å². The Kier molecular flexibility index (Phi) is 4.45. The van der Waals surface area contributed by atoms with Gasteiger partial charge in [0.15, 0.2) is 5.60 Å². The van der Waals surface area contributed by atoms with E-state index in [1.165, 1.54) is 6.92 Å². The van der Waals surface area contributed by atoms with Crippen LogP contribution in [0, 0.1) is 0 Å². The molecule has 0 aliphatic heterocycles. The first-order valence-corrected chi connectivity index (χ1v) is 6.98. The van der Waals surface area contributed by atoms with Crippen LogP contribution in [0.4, 0.5) is 5.82 Å². The maximum absolute atomic E-state index is 11.6. The predicted molar refractivity (Wildman–Crippen MR) is 74.8 cm³/mol. The van der Waals surface area contributed by atoms with E-state index in [2.05, 4.69) is 15.3 Å². The van der Waals surface area contributed by atoms with Crippen molar-refractivity contribution >= 4 is 23.4 Å². The van der Waals surface area contributed by atoms with E-state index in [0.29, 0.717) is 22.7 Å². The number of anilines is 1. The molecule has 20 heavy (non-hydrogen) atoms. The lowest BCUT2D eigenvalue weighted by Crippen LogP contribution is -2.43. The first-order chi connectivity index (χ1) is 9.42. The molecule has 2 rings (SSSR count). The third-order valence-corrected chi connectivity index (χ3v) is 3.18. The zero-order valence-electron chi connectivity index (χ0n) is 11.5. The first kappa shape index (κ1) is 15.0. The summed E-state index contributed by atoms with van der Waals surface area (Å²) in [6.45, 7) is 3.29. The molecule has 1 fully saturated rings. The molecule has 0 radical (unpaired) electrons. The summed E-state index contributed by atoms with van der Waals surface area (Å²) in [4.78, 5) is 20.1. The lowest BCUT2D eigenvalue weighted by atomic mass is 10.1. The molecule has 1 atom stereocenters. The molecule has 110 valence electrons. The molecular formula is C13H18ClN3O3. The summed E-state index contributed by atoms with van der Waals surface area (Å²) in [6, 6.07) is 1.56. The van der Waals surface area contributed by atoms with Crippen LogP contribution < -0.4 is 5.32 Å². The molecule has 1 aliphatic rings. The first-order valence-electron chi connectivity index (χ1n) is 6.60. The van der Waals surface area contributed by atoms with Crippen molar-refractivity contribution in [2.75, 3.05) is 18.5 Å². The summed E-state index contributed by atoms with van der Waals surface area (Å²) >= 11 is 5.94. The second-order valence-electron chi connectivity index (χ2n) is 5.06. The highest BCUT2D eigenvalue weighted by molar-refractivity contribution is 6.29. The van der Waals surface area contributed by atoms with Gasteiger partial charge in [-0.2, -0.15) is 0 Å². The molecule has 2 N–H and O–H groups in total. The fourth-order valence-electron chi connectivity index (χ4n) is 1.67. The fraction of sp³-hybridized carbons (Fsp3) is 0.615. The summed E-state index contributed by atoms with van der Waals surface area (Å²) in [6.07, 6.45) is 2.14. The van der Waals surface area contributed by atoms with Crippen molar-refractivity contribution in [3.8, 4) is 0 Å². The number of hydrogen-bond donors (Lipinski definition) is 2. The topological polar surface area (TPSA) is 84.3 Å². The number of hydrogen-bond acceptors (Lipinski definition) is 6. The molecule has 1 aromatic heterocycles. The SMILES string of the molecule is CCOC(=O)[C@](C)(O)CNc1cc(Cl)nc(C2CC2)n1. The van der Waals surface area contributed by atoms with Crippen LogP contribution in [-0.2, 0) is 9.53 Å². The Labute approximate surface area is 122 Å². The highest BCUT2D eigenvalue weighted by Crippen LogP contribution is 2.38. The van der Waals surface area contributed by atoms with Gasteiger partial charge >= 0.3 is 5.97 Å². The van der Waals surface area contributed by atoms with Crippen LogP contribution in [0.3, 0.4) is 0 Å². The quantitative estimate of drug-likeness (QED) is 0.615. The van der Waals surface area contributed by atoms with Crippen LogP contribution >= 0.6 is 11.6 Å². The van der Waals surface area contributed by atoms with Gasteiger partial charge < -0.3 is 15.2 Å². The highest BCUT2D eigenvalue weighted by Gasteiger charge is 2.32. The van der Waals surface area contributed by atoms with E-state index in [1.807, 2.05) is 0 Å². The third-order valence-electron chi connectivity index (χ3n) is 2.98. The van der Waals surface area contributed by atoms with Crippen LogP contribution in [0.15, 0.2) is 6.07 Å². The van der Waals surface area contributed by atoms with Gasteiger partial charge in [-0.3, -0.25) is 0 Å². The van der Waals surface area contributed by atoms with Crippen LogP contribution in [-0.4, -0.2) is 39.8 Å². The smallest absolute Gasteiger partial charge is 0.339 e. The second-order valence-corrected chi connectivity index (χ2v) is 5.44. The van der Waals surface area contributed by atoms with Gasteiger partial charge in [0.1, 0.15) is 16.8 Å². The van der Waals surface area contributed by atoms with Gasteiger partial charge in [-0.1, -0.05) is 11.6 Å². The third kappa shape index (κ3) is 3.80. The van der Waals surface area contributed by atoms with Crippen molar-refractivity contribution < 1.29 is 14.6 Å². The molecule has 7 heteroatoms. The summed E-state index contributed by atoms with van der Waals surface area (Å²) in [5, 5.41) is 13.3. The maximum atomic E-state index is 11.6. The number of nitrogens with zero attached hydrogens (tertiary/aromatic N) is 2. The predicted octanol–water partition coefficient (Wildman–Crippen LogP) is 1.73. The molecule has 1 saturated carbocycles. The number of halogens is 1. The average Bonchev–Trinajstić information content (AvgIpc) is 3.20. The molecule has 0 aromatic carbocycles. The zero-order valence-corrected chi connectivity index (χ0v) is 12.3. The summed E-state index contributed by atoms with van der Waals surface area (Å²) in [5.41, 5.74) is -1.62. The molecule has 0 spiro atoms. The van der Waals surface area contributed by atoms with Crippen molar-refractivity contribution in [3.63, 3.8) is 0 Å². The van der Waals surface area contributed by atoms with E-state index in [-0.39, 0.29) is 13.2 Å². The van der Waals surface area contributed by atoms with Crippen LogP contribution in [0.1, 0.15) is 38.4 Å². The van der Waals surface area contributed by atoms with Crippen molar-refractivity contribution in [1.29, 1.82) is 0 Å². The molecule has 1 aliphatic carbocycles. The van der Waals surface area contributed by atoms with Crippen LogP contribution in [0.5, 0.6) is 0 Å². The lowest BCUT2D eigenvalue weighted by Gasteiger charge is -2.21. The fourth-order valence-corrected chi connectivity index (χ4v) is 1.86. The van der Waals surface area contributed by atoms with Crippen LogP contribution in [0.25, 0.3) is 0 Å². The number of ether oxygens (including phenoxy) is 1. The van der Waals surface area contributed by atoms with Gasteiger partial charge in [0.05, 0.1) is 13.2 Å². The average molecular weight is 300 g/mol. The Balaban J connectivity index is 2.01. The molecular weight excluding hydrogens is 282 g/mol. The Bertz CT molecular complexity index is 504. The Morgan fingerprint density at radius 2 is 2.30 bits per heavy atom. The van der Waals surface area contributed by atoms with E-state index >= 15 is 0 Å². The molecule has 0 amide bonds. The lowest BCUT2D eigenvalue weighted by molar-refractivity contribution is -0.161. The van der Waals surface area contributed by atoms with Gasteiger partial charge in [0.2, 0.25) is 0 Å². The van der Waals surface area contributed by atoms with Gasteiger partial charge in [-0.15, -0.1) is 0 Å². The Morgan fingerprint density at radius 3 is 2.90 bits per heavy atom. The summed E-state index contributed by atoms with van der Waals surface area (Å²) in [7, 11) is 0. The van der Waals surface area contributed by atoms with E-state index in [1.54, 1.807) is 13.0 Å². The van der Waals surface area contributed by atoms with Gasteiger partial charge in [-0.25, -0.2) is 14.8 Å². The van der Waals surface area contributed by atoms with Crippen molar-refractivity contribution in [3.05, 3.63) is 17.0 Å². The van der Waals surface area contributed by atoms with E-state index in [0.717, 1.165) is 12.8 Å². The van der Waals surface area contributed by atoms with E-state index in [4.69, 9.17) is 16.3 Å². The van der Waals surface area contributed by atoms with Gasteiger partial charge in [0, 0.05) is 12.0 Å². The minimum Gasteiger partial charge on any atom is -0.464 e. The highest BCUT2D eigenvalue weighted by atomic mass is 35.5. The number of carbonyl (C=O) groups excluding carboxylic acids is 1. The minimum absolute atomic E-state index is 0.0106. The minimum atomic E-state index is -1.62. The molecule has 0 saturated heterocycles. The van der Waals surface area contributed by atoms with Crippen molar-refractivity contribution in [2.24, 2.45) is 0 Å². The number of nitrogens with one attached hydrogen (secondary N) is 1. The molecule has 1 heterocycles. The van der Waals surface area contributed by atoms with E-state index < -0.39 is 11.6 Å². The number of aromatic nitrogens is 2. The Hall–Kier alpha value is -1.40. The summed E-state index contributed by atoms with van der Waals surface area (Å²) in [5.74, 6) is 0.905. The standard InChI is InChI=1S/C13H18ClN3O3/c1-3-20-12(18)13(2,19)7-15-10-6-9(14)16-11(17-10)8-4-5-8/h6,8,19H,3-5,7H2,1-2H3,(H,15,16,17)/t13-/m1/s1. The molecule has 1 aromatic rings. The Morgan fingerprint density at radius 1 is 1.60 bits per heavy atom. The second kappa shape index (κ2) is 5.93. The molecule has 6 nitrogen and oxygen atoms in total. The molecule has 0 bridgehead atoms. The summed E-state index contributed by atoms with van der Waals surface area (Å²) < 4.78 is 4.80. The van der Waals surface area contributed by atoms with Gasteiger partial charge in [0.25, 0.3) is 0 Å². The van der Waals surface area contributed by atoms with Crippen molar-refractivity contribution in [2.45, 2.75) is 38.2 Å². The van der Waals surface area contributed by atoms with E-state index in [9.17, 15) is 9.90 Å². The largest absolute Gasteiger partial charge is 0.464 e. The maximum Gasteiger partial charge on any atom is 0.339 e. The number of esters is 1. The number of rotatable bonds is 6. The normalized spacial score (nSPS) is 17.4. The molecule has 0 unspecified atom stereocenters. The van der Waals surface area contributed by atoms with Crippen molar-refractivity contribution in [1.82, 2.24) is 9.97 Å².